The molecule has 0 radical (unpaired) electrons. The smallest absolute Gasteiger partial charge is 0.230 e. The van der Waals surface area contributed by atoms with Crippen LogP contribution in [0.2, 0.25) is 0 Å². The first-order valence-corrected chi connectivity index (χ1v) is 5.21. The van der Waals surface area contributed by atoms with Gasteiger partial charge in [0.15, 0.2) is 0 Å². The Balaban J connectivity index is 2.38. The molecule has 1 aliphatic rings. The van der Waals surface area contributed by atoms with Crippen molar-refractivity contribution in [1.82, 2.24) is 0 Å². The molecule has 1 aliphatic heterocycles. The fourth-order valence-electron chi connectivity index (χ4n) is 1.31. The van der Waals surface area contributed by atoms with Gasteiger partial charge in [0.1, 0.15) is 0 Å². The number of rotatable bonds is 3. The van der Waals surface area contributed by atoms with Gasteiger partial charge in [-0.3, -0.25) is 0 Å². The first-order chi connectivity index (χ1) is 7.07. The van der Waals surface area contributed by atoms with Gasteiger partial charge < -0.3 is 19.7 Å². The lowest BCUT2D eigenvalue weighted by Gasteiger charge is -2.15. The van der Waals surface area contributed by atoms with Crippen LogP contribution >= 0.6 is 0 Å². The molecular formula is C11H18O4. The summed E-state index contributed by atoms with van der Waals surface area (Å²) in [4.78, 5) is 0. The van der Waals surface area contributed by atoms with E-state index in [1.54, 1.807) is 6.92 Å². The van der Waals surface area contributed by atoms with Crippen molar-refractivity contribution in [3.05, 3.63) is 0 Å². The fourth-order valence-corrected chi connectivity index (χ4v) is 1.31. The van der Waals surface area contributed by atoms with Gasteiger partial charge in [0.2, 0.25) is 5.79 Å². The van der Waals surface area contributed by atoms with Crippen LogP contribution in [0.1, 0.15) is 26.7 Å². The summed E-state index contributed by atoms with van der Waals surface area (Å²) in [6.07, 6.45) is -0.755. The molecule has 15 heavy (non-hydrogen) atoms. The summed E-state index contributed by atoms with van der Waals surface area (Å²) in [6, 6.07) is 0. The zero-order valence-electron chi connectivity index (χ0n) is 9.19. The Morgan fingerprint density at radius 3 is 2.40 bits per heavy atom. The third kappa shape index (κ3) is 3.80. The minimum absolute atomic E-state index is 0.233. The summed E-state index contributed by atoms with van der Waals surface area (Å²) in [5.74, 6) is 4.74. The minimum Gasteiger partial charge on any atom is -0.390 e. The lowest BCUT2D eigenvalue weighted by Crippen LogP contribution is -2.25. The molecule has 4 heteroatoms. The van der Waals surface area contributed by atoms with Gasteiger partial charge in [-0.15, -0.1) is 0 Å². The van der Waals surface area contributed by atoms with E-state index < -0.39 is 18.0 Å². The van der Waals surface area contributed by atoms with Crippen LogP contribution in [0, 0.1) is 11.8 Å². The summed E-state index contributed by atoms with van der Waals surface area (Å²) in [5.41, 5.74) is 0. The maximum Gasteiger partial charge on any atom is 0.230 e. The van der Waals surface area contributed by atoms with E-state index >= 15 is 0 Å². The molecule has 0 spiro atoms. The summed E-state index contributed by atoms with van der Waals surface area (Å²) in [6.45, 7) is 4.65. The highest BCUT2D eigenvalue weighted by atomic mass is 16.7. The number of aliphatic hydroxyl groups excluding tert-OH is 2. The highest BCUT2D eigenvalue weighted by Gasteiger charge is 2.28. The van der Waals surface area contributed by atoms with Gasteiger partial charge in [-0.1, -0.05) is 12.8 Å². The maximum absolute atomic E-state index is 9.44. The molecule has 1 fully saturated rings. The van der Waals surface area contributed by atoms with Crippen LogP contribution in [-0.2, 0) is 9.47 Å². The summed E-state index contributed by atoms with van der Waals surface area (Å²) >= 11 is 0. The second kappa shape index (κ2) is 5.47. The van der Waals surface area contributed by atoms with Crippen LogP contribution in [0.15, 0.2) is 0 Å². The molecule has 0 bridgehead atoms. The Kier molecular flexibility index (Phi) is 4.55. The maximum atomic E-state index is 9.44. The molecule has 0 amide bonds. The normalized spacial score (nSPS) is 22.9. The Hall–Kier alpha value is -0.600. The molecule has 4 nitrogen and oxygen atoms in total. The molecule has 2 atom stereocenters. The lowest BCUT2D eigenvalue weighted by atomic mass is 10.1. The van der Waals surface area contributed by atoms with Crippen molar-refractivity contribution >= 4 is 0 Å². The molecule has 0 aromatic carbocycles. The average Bonchev–Trinajstić information content (AvgIpc) is 2.64. The third-order valence-corrected chi connectivity index (χ3v) is 2.33. The highest BCUT2D eigenvalue weighted by Crippen LogP contribution is 2.16. The molecule has 0 aliphatic carbocycles. The second-order valence-electron chi connectivity index (χ2n) is 3.69. The van der Waals surface area contributed by atoms with E-state index in [1.165, 1.54) is 0 Å². The van der Waals surface area contributed by atoms with Crippen molar-refractivity contribution in [2.75, 3.05) is 13.2 Å². The molecular weight excluding hydrogens is 196 g/mol. The number of hydrogen-bond donors (Lipinski definition) is 2. The Morgan fingerprint density at radius 1 is 1.27 bits per heavy atom. The van der Waals surface area contributed by atoms with Crippen molar-refractivity contribution in [3.8, 4) is 11.8 Å². The van der Waals surface area contributed by atoms with E-state index in [0.29, 0.717) is 19.6 Å². The molecule has 2 unspecified atom stereocenters. The molecule has 86 valence electrons. The van der Waals surface area contributed by atoms with Gasteiger partial charge in [0.25, 0.3) is 0 Å². The molecule has 1 heterocycles. The van der Waals surface area contributed by atoms with Crippen LogP contribution in [-0.4, -0.2) is 41.4 Å². The van der Waals surface area contributed by atoms with E-state index in [-0.39, 0.29) is 6.42 Å². The standard InChI is InChI=1S/C11H18O4/c1-3-9(12)10(13)5-4-6-11(2)14-7-8-15-11/h9-10,12-13H,3,5,7-8H2,1-2H3. The largest absolute Gasteiger partial charge is 0.390 e. The van der Waals surface area contributed by atoms with E-state index in [9.17, 15) is 10.2 Å². The summed E-state index contributed by atoms with van der Waals surface area (Å²) in [7, 11) is 0. The third-order valence-electron chi connectivity index (χ3n) is 2.33. The van der Waals surface area contributed by atoms with Crippen molar-refractivity contribution in [2.24, 2.45) is 0 Å². The predicted molar refractivity (Wildman–Crippen MR) is 55.0 cm³/mol. The Bertz CT molecular complexity index is 247. The lowest BCUT2D eigenvalue weighted by molar-refractivity contribution is -0.0911. The number of ether oxygens (including phenoxy) is 2. The van der Waals surface area contributed by atoms with Gasteiger partial charge >= 0.3 is 0 Å². The number of hydrogen-bond acceptors (Lipinski definition) is 4. The van der Waals surface area contributed by atoms with Gasteiger partial charge in [-0.25, -0.2) is 0 Å². The first kappa shape index (κ1) is 12.5. The van der Waals surface area contributed by atoms with Crippen molar-refractivity contribution in [2.45, 2.75) is 44.7 Å². The second-order valence-corrected chi connectivity index (χ2v) is 3.69. The molecule has 1 rings (SSSR count). The van der Waals surface area contributed by atoms with E-state index in [1.807, 2.05) is 6.92 Å². The van der Waals surface area contributed by atoms with E-state index in [4.69, 9.17) is 9.47 Å². The highest BCUT2D eigenvalue weighted by molar-refractivity contribution is 5.10. The van der Waals surface area contributed by atoms with E-state index in [2.05, 4.69) is 11.8 Å². The molecule has 0 saturated carbocycles. The zero-order chi connectivity index (χ0) is 11.3. The van der Waals surface area contributed by atoms with Crippen LogP contribution < -0.4 is 0 Å². The summed E-state index contributed by atoms with van der Waals surface area (Å²) in [5, 5.41) is 18.7. The summed E-state index contributed by atoms with van der Waals surface area (Å²) < 4.78 is 10.5. The SMILES string of the molecule is CCC(O)C(O)CC#CC1(C)OCCO1. The van der Waals surface area contributed by atoms with E-state index in [0.717, 1.165) is 0 Å². The van der Waals surface area contributed by atoms with Crippen molar-refractivity contribution in [3.63, 3.8) is 0 Å². The molecule has 2 N–H and O–H groups in total. The Morgan fingerprint density at radius 2 is 1.87 bits per heavy atom. The first-order valence-electron chi connectivity index (χ1n) is 5.21. The fraction of sp³-hybridized carbons (Fsp3) is 0.818. The topological polar surface area (TPSA) is 58.9 Å². The van der Waals surface area contributed by atoms with Gasteiger partial charge in [0, 0.05) is 13.3 Å². The van der Waals surface area contributed by atoms with Gasteiger partial charge in [0.05, 0.1) is 25.4 Å². The van der Waals surface area contributed by atoms with Gasteiger partial charge in [-0.05, 0) is 12.3 Å². The monoisotopic (exact) mass is 214 g/mol. The quantitative estimate of drug-likeness (QED) is 0.662. The zero-order valence-corrected chi connectivity index (χ0v) is 9.19. The van der Waals surface area contributed by atoms with Gasteiger partial charge in [-0.2, -0.15) is 0 Å². The molecule has 0 aromatic heterocycles. The predicted octanol–water partition coefficient (Wildman–Crippen LogP) is 0.275. The molecule has 0 aromatic rings. The van der Waals surface area contributed by atoms with Crippen LogP contribution in [0.25, 0.3) is 0 Å². The van der Waals surface area contributed by atoms with Crippen LogP contribution in [0.4, 0.5) is 0 Å². The number of aliphatic hydroxyl groups is 2. The average molecular weight is 214 g/mol. The van der Waals surface area contributed by atoms with Crippen molar-refractivity contribution < 1.29 is 19.7 Å². The van der Waals surface area contributed by atoms with Crippen LogP contribution in [0.5, 0.6) is 0 Å². The van der Waals surface area contributed by atoms with Crippen molar-refractivity contribution in [1.29, 1.82) is 0 Å². The molecule has 1 saturated heterocycles. The Labute approximate surface area is 90.2 Å². The minimum atomic E-state index is -0.836. The van der Waals surface area contributed by atoms with Crippen LogP contribution in [0.3, 0.4) is 0 Å².